The number of hydrogen-bond donors (Lipinski definition) is 1. The lowest BCUT2D eigenvalue weighted by molar-refractivity contribution is -0.129. The fourth-order valence-corrected chi connectivity index (χ4v) is 2.69. The zero-order valence-corrected chi connectivity index (χ0v) is 13.1. The van der Waals surface area contributed by atoms with E-state index in [0.717, 1.165) is 11.9 Å². The number of aromatic nitrogens is 1. The molecule has 0 unspecified atom stereocenters. The number of rotatable bonds is 5. The number of carbonyl (C=O) groups is 1. The largest absolute Gasteiger partial charge is 0.361 e. The lowest BCUT2D eigenvalue weighted by atomic mass is 10.1. The van der Waals surface area contributed by atoms with Crippen molar-refractivity contribution < 1.29 is 9.18 Å². The quantitative estimate of drug-likeness (QED) is 0.768. The molecule has 3 rings (SSSR count). The van der Waals surface area contributed by atoms with E-state index in [2.05, 4.69) is 11.1 Å². The van der Waals surface area contributed by atoms with Crippen LogP contribution in [0.3, 0.4) is 0 Å². The van der Waals surface area contributed by atoms with Crippen molar-refractivity contribution in [2.75, 3.05) is 13.6 Å². The molecule has 0 radical (unpaired) electrons. The minimum absolute atomic E-state index is 0.0741. The van der Waals surface area contributed by atoms with Crippen molar-refractivity contribution in [1.29, 1.82) is 0 Å². The van der Waals surface area contributed by atoms with Crippen LogP contribution in [0.4, 0.5) is 4.39 Å². The zero-order valence-electron chi connectivity index (χ0n) is 13.1. The van der Waals surface area contributed by atoms with Crippen LogP contribution in [0.2, 0.25) is 0 Å². The molecule has 3 aromatic rings. The minimum atomic E-state index is -0.328. The zero-order chi connectivity index (χ0) is 16.2. The van der Waals surface area contributed by atoms with E-state index in [1.165, 1.54) is 17.0 Å². The molecule has 1 amide bonds. The highest BCUT2D eigenvalue weighted by molar-refractivity contribution is 5.83. The minimum Gasteiger partial charge on any atom is -0.361 e. The van der Waals surface area contributed by atoms with E-state index in [9.17, 15) is 9.18 Å². The molecule has 0 fully saturated rings. The van der Waals surface area contributed by atoms with Crippen molar-refractivity contribution in [1.82, 2.24) is 9.88 Å². The van der Waals surface area contributed by atoms with Gasteiger partial charge in [-0.05, 0) is 29.7 Å². The molecule has 0 aliphatic carbocycles. The van der Waals surface area contributed by atoms with Gasteiger partial charge in [0, 0.05) is 30.7 Å². The first-order valence-corrected chi connectivity index (χ1v) is 7.67. The van der Waals surface area contributed by atoms with E-state index in [1.54, 1.807) is 30.1 Å². The number of amides is 1. The predicted octanol–water partition coefficient (Wildman–Crippen LogP) is 3.55. The van der Waals surface area contributed by atoms with Crippen molar-refractivity contribution in [2.45, 2.75) is 12.8 Å². The first-order chi connectivity index (χ1) is 11.1. The van der Waals surface area contributed by atoms with Crippen LogP contribution in [-0.2, 0) is 17.6 Å². The average molecular weight is 310 g/mol. The molecule has 0 bridgehead atoms. The van der Waals surface area contributed by atoms with Gasteiger partial charge in [-0.2, -0.15) is 0 Å². The Bertz CT molecular complexity index is 825. The van der Waals surface area contributed by atoms with Gasteiger partial charge in [-0.1, -0.05) is 36.4 Å². The van der Waals surface area contributed by atoms with Gasteiger partial charge in [-0.15, -0.1) is 0 Å². The lowest BCUT2D eigenvalue weighted by Gasteiger charge is -2.17. The van der Waals surface area contributed by atoms with E-state index < -0.39 is 0 Å². The number of nitrogens with one attached hydrogen (secondary N) is 1. The lowest BCUT2D eigenvalue weighted by Crippen LogP contribution is -2.30. The van der Waals surface area contributed by atoms with Gasteiger partial charge >= 0.3 is 0 Å². The van der Waals surface area contributed by atoms with E-state index in [-0.39, 0.29) is 18.1 Å². The summed E-state index contributed by atoms with van der Waals surface area (Å²) in [6.07, 6.45) is 2.85. The Morgan fingerprint density at radius 3 is 2.65 bits per heavy atom. The van der Waals surface area contributed by atoms with Gasteiger partial charge in [0.25, 0.3) is 0 Å². The number of likely N-dealkylation sites (N-methyl/N-ethyl adjacent to an activating group) is 1. The Hall–Kier alpha value is -2.62. The van der Waals surface area contributed by atoms with E-state index >= 15 is 0 Å². The third kappa shape index (κ3) is 3.42. The van der Waals surface area contributed by atoms with Crippen LogP contribution in [0.25, 0.3) is 10.9 Å². The van der Waals surface area contributed by atoms with Crippen LogP contribution in [0.15, 0.2) is 54.7 Å². The maximum absolute atomic E-state index is 13.6. The van der Waals surface area contributed by atoms with Crippen molar-refractivity contribution in [3.8, 4) is 0 Å². The Morgan fingerprint density at radius 2 is 1.83 bits per heavy atom. The molecule has 3 nitrogen and oxygen atoms in total. The topological polar surface area (TPSA) is 36.1 Å². The molecular formula is C19H19FN2O. The molecule has 2 aromatic carbocycles. The molecular weight excluding hydrogens is 291 g/mol. The summed E-state index contributed by atoms with van der Waals surface area (Å²) in [4.78, 5) is 17.1. The highest BCUT2D eigenvalue weighted by Gasteiger charge is 2.13. The Kier molecular flexibility index (Phi) is 4.42. The second kappa shape index (κ2) is 6.65. The monoisotopic (exact) mass is 310 g/mol. The Morgan fingerprint density at radius 1 is 1.09 bits per heavy atom. The highest BCUT2D eigenvalue weighted by Crippen LogP contribution is 2.18. The number of nitrogens with zero attached hydrogens (tertiary/aromatic N) is 1. The van der Waals surface area contributed by atoms with E-state index in [0.29, 0.717) is 12.1 Å². The molecule has 0 aliphatic rings. The van der Waals surface area contributed by atoms with Gasteiger partial charge < -0.3 is 9.88 Å². The molecule has 1 heterocycles. The molecule has 1 N–H and O–H groups in total. The molecule has 0 aliphatic heterocycles. The summed E-state index contributed by atoms with van der Waals surface area (Å²) < 4.78 is 13.6. The van der Waals surface area contributed by atoms with Gasteiger partial charge in [-0.25, -0.2) is 4.39 Å². The van der Waals surface area contributed by atoms with E-state index in [1.807, 2.05) is 24.4 Å². The second-order valence-corrected chi connectivity index (χ2v) is 5.69. The van der Waals surface area contributed by atoms with Crippen molar-refractivity contribution >= 4 is 16.8 Å². The van der Waals surface area contributed by atoms with Crippen LogP contribution in [0.1, 0.15) is 11.1 Å². The maximum atomic E-state index is 13.6. The fraction of sp³-hybridized carbons (Fsp3) is 0.211. The SMILES string of the molecule is CN(CCc1c[nH]c2ccccc12)C(=O)Cc1ccccc1F. The van der Waals surface area contributed by atoms with Crippen LogP contribution >= 0.6 is 0 Å². The summed E-state index contributed by atoms with van der Waals surface area (Å²) >= 11 is 0. The van der Waals surface area contributed by atoms with Crippen LogP contribution in [-0.4, -0.2) is 29.4 Å². The summed E-state index contributed by atoms with van der Waals surface area (Å²) in [5.74, 6) is -0.402. The Labute approximate surface area is 134 Å². The van der Waals surface area contributed by atoms with Crippen LogP contribution in [0, 0.1) is 5.82 Å². The Balaban J connectivity index is 1.62. The number of carbonyl (C=O) groups excluding carboxylic acids is 1. The third-order valence-corrected chi connectivity index (χ3v) is 4.12. The molecule has 0 saturated carbocycles. The predicted molar refractivity (Wildman–Crippen MR) is 89.7 cm³/mol. The van der Waals surface area contributed by atoms with Crippen molar-refractivity contribution in [3.63, 3.8) is 0 Å². The molecule has 1 aromatic heterocycles. The summed E-state index contributed by atoms with van der Waals surface area (Å²) in [5, 5.41) is 1.18. The number of aromatic amines is 1. The molecule has 23 heavy (non-hydrogen) atoms. The first kappa shape index (κ1) is 15.3. The number of hydrogen-bond acceptors (Lipinski definition) is 1. The van der Waals surface area contributed by atoms with Crippen molar-refractivity contribution in [3.05, 3.63) is 71.7 Å². The van der Waals surface area contributed by atoms with Crippen molar-refractivity contribution in [2.24, 2.45) is 0 Å². The highest BCUT2D eigenvalue weighted by atomic mass is 19.1. The number of para-hydroxylation sites is 1. The van der Waals surface area contributed by atoms with E-state index in [4.69, 9.17) is 0 Å². The normalized spacial score (nSPS) is 10.9. The fourth-order valence-electron chi connectivity index (χ4n) is 2.69. The smallest absolute Gasteiger partial charge is 0.226 e. The van der Waals surface area contributed by atoms with Gasteiger partial charge in [0.15, 0.2) is 0 Å². The van der Waals surface area contributed by atoms with Gasteiger partial charge in [0.2, 0.25) is 5.91 Å². The summed E-state index contributed by atoms with van der Waals surface area (Å²) in [6, 6.07) is 14.5. The maximum Gasteiger partial charge on any atom is 0.226 e. The second-order valence-electron chi connectivity index (χ2n) is 5.69. The number of H-pyrrole nitrogens is 1. The molecule has 0 saturated heterocycles. The summed E-state index contributed by atoms with van der Waals surface area (Å²) in [5.41, 5.74) is 2.73. The number of benzene rings is 2. The molecule has 0 spiro atoms. The molecule has 118 valence electrons. The van der Waals surface area contributed by atoms with Gasteiger partial charge in [-0.3, -0.25) is 4.79 Å². The molecule has 0 atom stereocenters. The number of fused-ring (bicyclic) bond motifs is 1. The number of halogens is 1. The van der Waals surface area contributed by atoms with Crippen LogP contribution < -0.4 is 0 Å². The molecule has 4 heteroatoms. The standard InChI is InChI=1S/C19H19FN2O/c1-22(19(23)12-14-6-2-4-8-17(14)20)11-10-15-13-21-18-9-5-3-7-16(15)18/h2-9,13,21H,10-12H2,1H3. The third-order valence-electron chi connectivity index (χ3n) is 4.12. The average Bonchev–Trinajstić information content (AvgIpc) is 2.98. The van der Waals surface area contributed by atoms with Crippen LogP contribution in [0.5, 0.6) is 0 Å². The summed E-state index contributed by atoms with van der Waals surface area (Å²) in [6.45, 7) is 0.606. The van der Waals surface area contributed by atoms with Gasteiger partial charge in [0.1, 0.15) is 5.82 Å². The first-order valence-electron chi connectivity index (χ1n) is 7.67. The van der Waals surface area contributed by atoms with Gasteiger partial charge in [0.05, 0.1) is 6.42 Å². The summed E-state index contributed by atoms with van der Waals surface area (Å²) in [7, 11) is 1.76.